The number of hydrogen-bond acceptors (Lipinski definition) is 5. The molecule has 0 aliphatic rings. The van der Waals surface area contributed by atoms with E-state index in [2.05, 4.69) is 4.90 Å². The van der Waals surface area contributed by atoms with Gasteiger partial charge in [-0.15, -0.1) is 0 Å². The minimum Gasteiger partial charge on any atom is -0.463 e. The third kappa shape index (κ3) is 7.78. The van der Waals surface area contributed by atoms with E-state index in [9.17, 15) is 9.59 Å². The third-order valence-electron chi connectivity index (χ3n) is 3.17. The largest absolute Gasteiger partial charge is 0.463 e. The minimum absolute atomic E-state index is 0.139. The molecule has 0 amide bonds. The van der Waals surface area contributed by atoms with Gasteiger partial charge in [0.05, 0.1) is 12.2 Å². The Bertz CT molecular complexity index is 343. The van der Waals surface area contributed by atoms with Crippen molar-refractivity contribution in [2.45, 2.75) is 98.6 Å². The van der Waals surface area contributed by atoms with E-state index >= 15 is 0 Å². The molecule has 0 spiro atoms. The zero-order valence-corrected chi connectivity index (χ0v) is 15.4. The Labute approximate surface area is 135 Å². The summed E-state index contributed by atoms with van der Waals surface area (Å²) in [5.74, 6) is -0.542. The topological polar surface area (TPSA) is 55.8 Å². The molecule has 0 N–H and O–H groups in total. The summed E-state index contributed by atoms with van der Waals surface area (Å²) in [4.78, 5) is 26.3. The Morgan fingerprint density at radius 1 is 0.818 bits per heavy atom. The Morgan fingerprint density at radius 2 is 1.27 bits per heavy atom. The summed E-state index contributed by atoms with van der Waals surface area (Å²) in [6, 6.07) is -0.0567. The van der Waals surface area contributed by atoms with Crippen LogP contribution in [-0.2, 0) is 19.1 Å². The molecule has 5 heteroatoms. The highest BCUT2D eigenvalue weighted by molar-refractivity contribution is 5.77. The molecular weight excluding hydrogens is 282 g/mol. The highest BCUT2D eigenvalue weighted by Crippen LogP contribution is 2.18. The second-order valence-electron chi connectivity index (χ2n) is 6.71. The van der Waals surface area contributed by atoms with Gasteiger partial charge in [0.1, 0.15) is 6.04 Å². The van der Waals surface area contributed by atoms with E-state index in [0.717, 1.165) is 0 Å². The van der Waals surface area contributed by atoms with E-state index in [0.29, 0.717) is 6.42 Å². The standard InChI is InChI=1S/C17H33NO4/c1-11(2)18(12(3)4)15(17(20)22-14(7)8)9-10-16(19)21-13(5)6/h11-15H,9-10H2,1-8H3. The van der Waals surface area contributed by atoms with Crippen molar-refractivity contribution in [2.75, 3.05) is 0 Å². The first-order valence-electron chi connectivity index (χ1n) is 8.23. The molecule has 0 fully saturated rings. The normalized spacial score (nSPS) is 13.3. The van der Waals surface area contributed by atoms with Gasteiger partial charge in [-0.3, -0.25) is 14.5 Å². The molecule has 0 aliphatic heterocycles. The Morgan fingerprint density at radius 3 is 1.64 bits per heavy atom. The van der Waals surface area contributed by atoms with Gasteiger partial charge in [-0.1, -0.05) is 0 Å². The average Bonchev–Trinajstić information content (AvgIpc) is 2.30. The summed E-state index contributed by atoms with van der Waals surface area (Å²) >= 11 is 0. The van der Waals surface area contributed by atoms with Crippen LogP contribution in [0.1, 0.15) is 68.2 Å². The fourth-order valence-electron chi connectivity index (χ4n) is 2.59. The highest BCUT2D eigenvalue weighted by atomic mass is 16.5. The van der Waals surface area contributed by atoms with Crippen LogP contribution in [-0.4, -0.2) is 47.2 Å². The third-order valence-corrected chi connectivity index (χ3v) is 3.17. The SMILES string of the molecule is CC(C)OC(=O)CCC(C(=O)OC(C)C)N(C(C)C)C(C)C. The number of nitrogens with zero attached hydrogens (tertiary/aromatic N) is 1. The molecule has 0 aromatic heterocycles. The van der Waals surface area contributed by atoms with Gasteiger partial charge in [0.25, 0.3) is 0 Å². The van der Waals surface area contributed by atoms with Crippen molar-refractivity contribution in [3.63, 3.8) is 0 Å². The van der Waals surface area contributed by atoms with E-state index in [1.165, 1.54) is 0 Å². The van der Waals surface area contributed by atoms with Gasteiger partial charge in [0.2, 0.25) is 0 Å². The quantitative estimate of drug-likeness (QED) is 0.612. The summed E-state index contributed by atoms with van der Waals surface area (Å²) in [6.07, 6.45) is 0.318. The van der Waals surface area contributed by atoms with Crippen LogP contribution in [0.25, 0.3) is 0 Å². The van der Waals surface area contributed by atoms with Crippen molar-refractivity contribution in [1.29, 1.82) is 0 Å². The maximum Gasteiger partial charge on any atom is 0.323 e. The fraction of sp³-hybridized carbons (Fsp3) is 0.882. The maximum atomic E-state index is 12.4. The number of rotatable bonds is 9. The van der Waals surface area contributed by atoms with Crippen molar-refractivity contribution in [2.24, 2.45) is 0 Å². The molecule has 0 aliphatic carbocycles. The minimum atomic E-state index is -0.429. The van der Waals surface area contributed by atoms with Crippen molar-refractivity contribution in [1.82, 2.24) is 4.90 Å². The first-order valence-corrected chi connectivity index (χ1v) is 8.23. The van der Waals surface area contributed by atoms with E-state index in [1.54, 1.807) is 0 Å². The van der Waals surface area contributed by atoms with Gasteiger partial charge in [-0.05, 0) is 61.8 Å². The molecule has 0 saturated carbocycles. The molecule has 1 unspecified atom stereocenters. The van der Waals surface area contributed by atoms with Crippen molar-refractivity contribution in [3.8, 4) is 0 Å². The highest BCUT2D eigenvalue weighted by Gasteiger charge is 2.32. The Balaban J connectivity index is 5.00. The van der Waals surface area contributed by atoms with E-state index in [1.807, 2.05) is 55.4 Å². The lowest BCUT2D eigenvalue weighted by Gasteiger charge is -2.37. The average molecular weight is 315 g/mol. The van der Waals surface area contributed by atoms with E-state index in [-0.39, 0.29) is 42.7 Å². The first-order chi connectivity index (χ1) is 10.1. The van der Waals surface area contributed by atoms with Crippen LogP contribution in [0.15, 0.2) is 0 Å². The van der Waals surface area contributed by atoms with Gasteiger partial charge in [0, 0.05) is 18.5 Å². The molecule has 1 atom stereocenters. The maximum absolute atomic E-state index is 12.4. The molecule has 22 heavy (non-hydrogen) atoms. The second-order valence-corrected chi connectivity index (χ2v) is 6.71. The molecule has 0 bridgehead atoms. The lowest BCUT2D eigenvalue weighted by Crippen LogP contribution is -2.50. The van der Waals surface area contributed by atoms with Crippen LogP contribution in [0.5, 0.6) is 0 Å². The Kier molecular flexibility index (Phi) is 9.33. The second kappa shape index (κ2) is 9.82. The zero-order chi connectivity index (χ0) is 17.4. The summed E-state index contributed by atoms with van der Waals surface area (Å²) in [7, 11) is 0. The lowest BCUT2D eigenvalue weighted by molar-refractivity contribution is -0.157. The number of esters is 2. The number of carbonyl (C=O) groups excluding carboxylic acids is 2. The summed E-state index contributed by atoms with van der Waals surface area (Å²) in [6.45, 7) is 15.5. The molecular formula is C17H33NO4. The van der Waals surface area contributed by atoms with Crippen LogP contribution in [0.3, 0.4) is 0 Å². The molecule has 0 heterocycles. The zero-order valence-electron chi connectivity index (χ0n) is 15.4. The number of hydrogen-bond donors (Lipinski definition) is 0. The first kappa shape index (κ1) is 20.9. The van der Waals surface area contributed by atoms with E-state index in [4.69, 9.17) is 9.47 Å². The molecule has 0 rings (SSSR count). The van der Waals surface area contributed by atoms with Crippen molar-refractivity contribution < 1.29 is 19.1 Å². The molecule has 5 nitrogen and oxygen atoms in total. The summed E-state index contributed by atoms with van der Waals surface area (Å²) in [5, 5.41) is 0. The molecule has 0 aromatic carbocycles. The van der Waals surface area contributed by atoms with Gasteiger partial charge >= 0.3 is 11.9 Å². The molecule has 0 radical (unpaired) electrons. The van der Waals surface area contributed by atoms with Crippen LogP contribution in [0, 0.1) is 0 Å². The summed E-state index contributed by atoms with van der Waals surface area (Å²) < 4.78 is 10.5. The van der Waals surface area contributed by atoms with Crippen molar-refractivity contribution >= 4 is 11.9 Å². The predicted molar refractivity (Wildman–Crippen MR) is 87.6 cm³/mol. The van der Waals surface area contributed by atoms with Crippen LogP contribution in [0.4, 0.5) is 0 Å². The van der Waals surface area contributed by atoms with Gasteiger partial charge in [-0.2, -0.15) is 0 Å². The smallest absolute Gasteiger partial charge is 0.323 e. The number of carbonyl (C=O) groups is 2. The van der Waals surface area contributed by atoms with Crippen LogP contribution in [0.2, 0.25) is 0 Å². The monoisotopic (exact) mass is 315 g/mol. The lowest BCUT2D eigenvalue weighted by atomic mass is 10.1. The van der Waals surface area contributed by atoms with Crippen LogP contribution >= 0.6 is 0 Å². The van der Waals surface area contributed by atoms with Crippen molar-refractivity contribution in [3.05, 3.63) is 0 Å². The van der Waals surface area contributed by atoms with Crippen LogP contribution < -0.4 is 0 Å². The molecule has 130 valence electrons. The van der Waals surface area contributed by atoms with Gasteiger partial charge in [0.15, 0.2) is 0 Å². The summed E-state index contributed by atoms with van der Waals surface area (Å²) in [5.41, 5.74) is 0. The Hall–Kier alpha value is -1.10. The fourth-order valence-corrected chi connectivity index (χ4v) is 2.59. The molecule has 0 aromatic rings. The van der Waals surface area contributed by atoms with Gasteiger partial charge < -0.3 is 9.47 Å². The van der Waals surface area contributed by atoms with E-state index < -0.39 is 6.04 Å². The van der Waals surface area contributed by atoms with Gasteiger partial charge in [-0.25, -0.2) is 0 Å². The molecule has 0 saturated heterocycles. The predicted octanol–water partition coefficient (Wildman–Crippen LogP) is 3.16. The number of ether oxygens (including phenoxy) is 2.